The van der Waals surface area contributed by atoms with Crippen molar-refractivity contribution in [1.82, 2.24) is 19.5 Å². The Labute approximate surface area is 121 Å². The van der Waals surface area contributed by atoms with Crippen molar-refractivity contribution in [3.8, 4) is 17.5 Å². The fourth-order valence-electron chi connectivity index (χ4n) is 2.11. The van der Waals surface area contributed by atoms with Crippen LogP contribution >= 0.6 is 0 Å². The maximum atomic E-state index is 9.20. The second-order valence-corrected chi connectivity index (χ2v) is 4.44. The van der Waals surface area contributed by atoms with E-state index in [1.54, 1.807) is 13.4 Å². The highest BCUT2D eigenvalue weighted by atomic mass is 16.5. The Morgan fingerprint density at radius 2 is 2.00 bits per heavy atom. The molecule has 0 unspecified atom stereocenters. The summed E-state index contributed by atoms with van der Waals surface area (Å²) in [4.78, 5) is 13.0. The van der Waals surface area contributed by atoms with Crippen LogP contribution in [0.4, 0.5) is 0 Å². The Morgan fingerprint density at radius 1 is 1.24 bits per heavy atom. The lowest BCUT2D eigenvalue weighted by Gasteiger charge is -2.06. The largest absolute Gasteiger partial charge is 0.497 e. The third-order valence-electron chi connectivity index (χ3n) is 3.22. The van der Waals surface area contributed by atoms with Gasteiger partial charge in [0.1, 0.15) is 29.5 Å². The molecule has 21 heavy (non-hydrogen) atoms. The quantitative estimate of drug-likeness (QED) is 0.735. The number of hydrogen-bond donors (Lipinski definition) is 0. The van der Waals surface area contributed by atoms with E-state index in [1.807, 2.05) is 35.8 Å². The van der Waals surface area contributed by atoms with Gasteiger partial charge in [-0.3, -0.25) is 4.57 Å². The maximum Gasteiger partial charge on any atom is 0.172 e. The molecule has 0 atom stereocenters. The van der Waals surface area contributed by atoms with Crippen LogP contribution in [0.25, 0.3) is 16.9 Å². The summed E-state index contributed by atoms with van der Waals surface area (Å²) in [5.41, 5.74) is 2.38. The van der Waals surface area contributed by atoms with Gasteiger partial charge in [0.15, 0.2) is 11.3 Å². The van der Waals surface area contributed by atoms with Crippen LogP contribution in [0, 0.1) is 11.3 Å². The number of methoxy groups -OCH3 is 1. The van der Waals surface area contributed by atoms with Gasteiger partial charge in [-0.2, -0.15) is 5.26 Å². The molecule has 0 aliphatic carbocycles. The van der Waals surface area contributed by atoms with Crippen molar-refractivity contribution >= 4 is 11.2 Å². The number of fused-ring (bicyclic) bond motifs is 1. The van der Waals surface area contributed by atoms with E-state index in [2.05, 4.69) is 21.0 Å². The number of aryl methyl sites for hydroxylation is 1. The summed E-state index contributed by atoms with van der Waals surface area (Å²) in [6.07, 6.45) is 2.32. The molecule has 0 radical (unpaired) electrons. The van der Waals surface area contributed by atoms with Gasteiger partial charge in [0.05, 0.1) is 7.11 Å². The van der Waals surface area contributed by atoms with Gasteiger partial charge in [0.2, 0.25) is 0 Å². The molecule has 6 nitrogen and oxygen atoms in total. The highest BCUT2D eigenvalue weighted by molar-refractivity contribution is 5.78. The Morgan fingerprint density at radius 3 is 2.62 bits per heavy atom. The number of imidazole rings is 1. The molecular weight excluding hydrogens is 266 g/mol. The van der Waals surface area contributed by atoms with Crippen LogP contribution in [-0.2, 0) is 6.42 Å². The fraction of sp³-hybridized carbons (Fsp3) is 0.200. The van der Waals surface area contributed by atoms with Crippen LogP contribution in [0.3, 0.4) is 0 Å². The second kappa shape index (κ2) is 5.21. The normalized spacial score (nSPS) is 10.5. The van der Waals surface area contributed by atoms with E-state index in [4.69, 9.17) is 4.74 Å². The first kappa shape index (κ1) is 13.1. The van der Waals surface area contributed by atoms with E-state index < -0.39 is 0 Å². The summed E-state index contributed by atoms with van der Waals surface area (Å²) in [7, 11) is 1.63. The van der Waals surface area contributed by atoms with Gasteiger partial charge in [0.25, 0.3) is 0 Å². The number of nitriles is 1. The number of hydrogen-bond acceptors (Lipinski definition) is 5. The molecule has 1 aromatic carbocycles. The maximum absolute atomic E-state index is 9.20. The molecule has 0 aliphatic heterocycles. The molecule has 104 valence electrons. The Kier molecular flexibility index (Phi) is 3.24. The summed E-state index contributed by atoms with van der Waals surface area (Å²) >= 11 is 0. The first-order valence-electron chi connectivity index (χ1n) is 6.55. The molecule has 0 fully saturated rings. The van der Waals surface area contributed by atoms with Crippen LogP contribution in [0.5, 0.6) is 5.75 Å². The van der Waals surface area contributed by atoms with Crippen LogP contribution in [0.1, 0.15) is 18.4 Å². The molecule has 6 heteroatoms. The lowest BCUT2D eigenvalue weighted by atomic mass is 10.3. The van der Waals surface area contributed by atoms with Crippen molar-refractivity contribution in [3.63, 3.8) is 0 Å². The smallest absolute Gasteiger partial charge is 0.172 e. The first-order valence-corrected chi connectivity index (χ1v) is 6.55. The topological polar surface area (TPSA) is 76.6 Å². The first-order chi connectivity index (χ1) is 10.3. The highest BCUT2D eigenvalue weighted by Crippen LogP contribution is 2.20. The molecule has 0 saturated carbocycles. The van der Waals surface area contributed by atoms with Crippen molar-refractivity contribution in [2.45, 2.75) is 13.3 Å². The van der Waals surface area contributed by atoms with Crippen molar-refractivity contribution in [3.05, 3.63) is 42.1 Å². The molecule has 0 spiro atoms. The Bertz CT molecular complexity index is 830. The third-order valence-corrected chi connectivity index (χ3v) is 3.22. The van der Waals surface area contributed by atoms with E-state index >= 15 is 0 Å². The molecule has 0 N–H and O–H groups in total. The van der Waals surface area contributed by atoms with Crippen LogP contribution in [-0.4, -0.2) is 26.6 Å². The Balaban J connectivity index is 2.21. The Hall–Kier alpha value is -2.94. The lowest BCUT2D eigenvalue weighted by molar-refractivity contribution is 0.415. The predicted octanol–water partition coefficient (Wildman–Crippen LogP) is 2.26. The van der Waals surface area contributed by atoms with Gasteiger partial charge in [-0.1, -0.05) is 6.92 Å². The summed E-state index contributed by atoms with van der Waals surface area (Å²) in [6, 6.07) is 9.65. The monoisotopic (exact) mass is 279 g/mol. The molecule has 2 heterocycles. The molecule has 0 bridgehead atoms. The van der Waals surface area contributed by atoms with Gasteiger partial charge in [0, 0.05) is 12.1 Å². The van der Waals surface area contributed by atoms with E-state index in [0.717, 1.165) is 11.4 Å². The SMILES string of the molecule is CCc1nc(C#N)c2ncn(-c3ccc(OC)cc3)c2n1. The number of ether oxygens (including phenoxy) is 1. The van der Waals surface area contributed by atoms with Crippen molar-refractivity contribution < 1.29 is 4.74 Å². The number of nitrogens with zero attached hydrogens (tertiary/aromatic N) is 5. The summed E-state index contributed by atoms with van der Waals surface area (Å²) < 4.78 is 7.00. The second-order valence-electron chi connectivity index (χ2n) is 4.44. The average Bonchev–Trinajstić information content (AvgIpc) is 2.97. The molecule has 0 saturated heterocycles. The zero-order chi connectivity index (χ0) is 14.8. The molecular formula is C15H13N5O. The van der Waals surface area contributed by atoms with E-state index in [-0.39, 0.29) is 0 Å². The van der Waals surface area contributed by atoms with Crippen molar-refractivity contribution in [2.75, 3.05) is 7.11 Å². The summed E-state index contributed by atoms with van der Waals surface area (Å²) in [6.45, 7) is 1.95. The molecule has 0 amide bonds. The van der Waals surface area contributed by atoms with Crippen molar-refractivity contribution in [1.29, 1.82) is 5.26 Å². The van der Waals surface area contributed by atoms with E-state index in [9.17, 15) is 5.26 Å². The standard InChI is InChI=1S/C15H13N5O/c1-3-13-18-12(8-16)14-15(19-13)20(9-17-14)10-4-6-11(21-2)7-5-10/h4-7,9H,3H2,1-2H3. The van der Waals surface area contributed by atoms with Gasteiger partial charge in [-0.05, 0) is 24.3 Å². The fourth-order valence-corrected chi connectivity index (χ4v) is 2.11. The lowest BCUT2D eigenvalue weighted by Crippen LogP contribution is -2.00. The zero-order valence-corrected chi connectivity index (χ0v) is 11.7. The van der Waals surface area contributed by atoms with Crippen molar-refractivity contribution in [2.24, 2.45) is 0 Å². The van der Waals surface area contributed by atoms with Crippen LogP contribution < -0.4 is 4.74 Å². The number of rotatable bonds is 3. The minimum Gasteiger partial charge on any atom is -0.497 e. The van der Waals surface area contributed by atoms with Gasteiger partial charge in [-0.25, -0.2) is 15.0 Å². The summed E-state index contributed by atoms with van der Waals surface area (Å²) in [5.74, 6) is 1.42. The van der Waals surface area contributed by atoms with E-state index in [1.165, 1.54) is 0 Å². The van der Waals surface area contributed by atoms with E-state index in [0.29, 0.717) is 29.1 Å². The summed E-state index contributed by atoms with van der Waals surface area (Å²) in [5, 5.41) is 9.20. The zero-order valence-electron chi connectivity index (χ0n) is 11.7. The number of benzene rings is 1. The number of aromatic nitrogens is 4. The molecule has 3 rings (SSSR count). The predicted molar refractivity (Wildman–Crippen MR) is 77.3 cm³/mol. The van der Waals surface area contributed by atoms with Gasteiger partial charge < -0.3 is 4.74 Å². The van der Waals surface area contributed by atoms with Gasteiger partial charge >= 0.3 is 0 Å². The third kappa shape index (κ3) is 2.19. The minimum atomic E-state index is 0.309. The average molecular weight is 279 g/mol. The molecule has 0 aliphatic rings. The van der Waals surface area contributed by atoms with Crippen LogP contribution in [0.2, 0.25) is 0 Å². The molecule has 3 aromatic rings. The highest BCUT2D eigenvalue weighted by Gasteiger charge is 2.13. The molecule has 2 aromatic heterocycles. The van der Waals surface area contributed by atoms with Crippen LogP contribution in [0.15, 0.2) is 30.6 Å². The van der Waals surface area contributed by atoms with Gasteiger partial charge in [-0.15, -0.1) is 0 Å². The minimum absolute atomic E-state index is 0.309.